The van der Waals surface area contributed by atoms with Crippen LogP contribution in [0.3, 0.4) is 0 Å². The Morgan fingerprint density at radius 2 is 1.95 bits per heavy atom. The van der Waals surface area contributed by atoms with Crippen LogP contribution in [-0.4, -0.2) is 32.1 Å². The minimum atomic E-state index is 0.535. The lowest BCUT2D eigenvalue weighted by atomic mass is 10.1. The van der Waals surface area contributed by atoms with Gasteiger partial charge in [-0.2, -0.15) is 0 Å². The third-order valence-electron chi connectivity index (χ3n) is 3.84. The first-order valence-electron chi connectivity index (χ1n) is 7.93. The molecule has 0 saturated carbocycles. The molecule has 0 aromatic heterocycles. The van der Waals surface area contributed by atoms with E-state index in [2.05, 4.69) is 43.9 Å². The SMILES string of the molecule is CCSc1cccc(N(CCOC)C(CC)CC)c1CN. The number of anilines is 1. The smallest absolute Gasteiger partial charge is 0.0637 e. The van der Waals surface area contributed by atoms with Gasteiger partial charge in [-0.25, -0.2) is 0 Å². The van der Waals surface area contributed by atoms with E-state index in [1.165, 1.54) is 16.1 Å². The molecule has 0 heterocycles. The minimum Gasteiger partial charge on any atom is -0.383 e. The summed E-state index contributed by atoms with van der Waals surface area (Å²) in [6, 6.07) is 7.07. The highest BCUT2D eigenvalue weighted by molar-refractivity contribution is 7.99. The summed E-state index contributed by atoms with van der Waals surface area (Å²) in [5, 5.41) is 0. The van der Waals surface area contributed by atoms with Crippen LogP contribution in [0.15, 0.2) is 23.1 Å². The number of rotatable bonds is 10. The summed E-state index contributed by atoms with van der Waals surface area (Å²) < 4.78 is 5.31. The fourth-order valence-electron chi connectivity index (χ4n) is 2.74. The highest BCUT2D eigenvalue weighted by Gasteiger charge is 2.19. The molecule has 0 aliphatic carbocycles. The Labute approximate surface area is 134 Å². The number of thioether (sulfide) groups is 1. The van der Waals surface area contributed by atoms with Crippen LogP contribution >= 0.6 is 11.8 Å². The van der Waals surface area contributed by atoms with Crippen LogP contribution in [0.2, 0.25) is 0 Å². The van der Waals surface area contributed by atoms with E-state index in [4.69, 9.17) is 10.5 Å². The van der Waals surface area contributed by atoms with Crippen molar-refractivity contribution >= 4 is 17.4 Å². The van der Waals surface area contributed by atoms with E-state index in [9.17, 15) is 0 Å². The van der Waals surface area contributed by atoms with Crippen LogP contribution in [0.1, 0.15) is 39.2 Å². The molecule has 120 valence electrons. The van der Waals surface area contributed by atoms with Crippen LogP contribution in [0.5, 0.6) is 0 Å². The van der Waals surface area contributed by atoms with E-state index in [1.54, 1.807) is 7.11 Å². The summed E-state index contributed by atoms with van der Waals surface area (Å²) in [6.07, 6.45) is 2.27. The zero-order chi connectivity index (χ0) is 15.7. The number of hydrogen-bond donors (Lipinski definition) is 1. The van der Waals surface area contributed by atoms with Gasteiger partial charge in [-0.3, -0.25) is 0 Å². The van der Waals surface area contributed by atoms with E-state index in [0.717, 1.165) is 31.7 Å². The first-order valence-corrected chi connectivity index (χ1v) is 8.92. The van der Waals surface area contributed by atoms with Gasteiger partial charge in [0.2, 0.25) is 0 Å². The first kappa shape index (κ1) is 18.3. The lowest BCUT2D eigenvalue weighted by Crippen LogP contribution is -2.38. The number of nitrogens with zero attached hydrogens (tertiary/aromatic N) is 1. The van der Waals surface area contributed by atoms with E-state index in [0.29, 0.717) is 12.6 Å². The first-order chi connectivity index (χ1) is 10.2. The van der Waals surface area contributed by atoms with Crippen LogP contribution < -0.4 is 10.6 Å². The zero-order valence-electron chi connectivity index (χ0n) is 13.9. The molecule has 0 atom stereocenters. The molecule has 4 heteroatoms. The van der Waals surface area contributed by atoms with Gasteiger partial charge in [-0.05, 0) is 30.7 Å². The molecule has 21 heavy (non-hydrogen) atoms. The van der Waals surface area contributed by atoms with Gasteiger partial charge in [0.1, 0.15) is 0 Å². The number of benzene rings is 1. The van der Waals surface area contributed by atoms with Crippen molar-refractivity contribution in [2.45, 2.75) is 51.1 Å². The van der Waals surface area contributed by atoms with Crippen molar-refractivity contribution in [3.05, 3.63) is 23.8 Å². The summed E-state index contributed by atoms with van der Waals surface area (Å²) >= 11 is 1.87. The molecule has 3 nitrogen and oxygen atoms in total. The maximum absolute atomic E-state index is 6.06. The Kier molecular flexibility index (Phi) is 8.81. The molecule has 0 saturated heterocycles. The quantitative estimate of drug-likeness (QED) is 0.665. The second-order valence-corrected chi connectivity index (χ2v) is 6.35. The maximum atomic E-state index is 6.06. The largest absolute Gasteiger partial charge is 0.383 e. The third kappa shape index (κ3) is 4.90. The van der Waals surface area contributed by atoms with Crippen molar-refractivity contribution in [3.63, 3.8) is 0 Å². The van der Waals surface area contributed by atoms with Gasteiger partial charge >= 0.3 is 0 Å². The second kappa shape index (κ2) is 10.1. The lowest BCUT2D eigenvalue weighted by molar-refractivity contribution is 0.202. The minimum absolute atomic E-state index is 0.535. The van der Waals surface area contributed by atoms with Gasteiger partial charge in [-0.15, -0.1) is 11.8 Å². The standard InChI is InChI=1S/C17H30N2OS/c1-5-14(6-2)19(11-12-20-4)16-9-8-10-17(21-7-3)15(16)13-18/h8-10,14H,5-7,11-13,18H2,1-4H3. The van der Waals surface area contributed by atoms with Gasteiger partial charge in [-0.1, -0.05) is 26.8 Å². The Morgan fingerprint density at radius 3 is 2.48 bits per heavy atom. The number of methoxy groups -OCH3 is 1. The highest BCUT2D eigenvalue weighted by atomic mass is 32.2. The molecule has 0 unspecified atom stereocenters. The predicted molar refractivity (Wildman–Crippen MR) is 94.3 cm³/mol. The molecule has 0 fully saturated rings. The molecule has 2 N–H and O–H groups in total. The van der Waals surface area contributed by atoms with E-state index < -0.39 is 0 Å². The maximum Gasteiger partial charge on any atom is 0.0637 e. The van der Waals surface area contributed by atoms with Crippen molar-refractivity contribution in [1.29, 1.82) is 0 Å². The normalized spacial score (nSPS) is 11.1. The van der Waals surface area contributed by atoms with Crippen LogP contribution in [-0.2, 0) is 11.3 Å². The average molecular weight is 311 g/mol. The summed E-state index contributed by atoms with van der Waals surface area (Å²) in [5.41, 5.74) is 8.61. The van der Waals surface area contributed by atoms with Crippen LogP contribution in [0.25, 0.3) is 0 Å². The molecule has 0 bridgehead atoms. The van der Waals surface area contributed by atoms with Gasteiger partial charge in [0, 0.05) is 42.4 Å². The molecular weight excluding hydrogens is 280 g/mol. The summed E-state index contributed by atoms with van der Waals surface area (Å²) in [6.45, 7) is 8.92. The topological polar surface area (TPSA) is 38.5 Å². The van der Waals surface area contributed by atoms with Gasteiger partial charge < -0.3 is 15.4 Å². The molecule has 0 amide bonds. The van der Waals surface area contributed by atoms with Crippen molar-refractivity contribution in [3.8, 4) is 0 Å². The molecular formula is C17H30N2OS. The Morgan fingerprint density at radius 1 is 1.24 bits per heavy atom. The Balaban J connectivity index is 3.18. The fraction of sp³-hybridized carbons (Fsp3) is 0.647. The Bertz CT molecular complexity index is 408. The molecule has 0 aliphatic rings. The number of hydrogen-bond acceptors (Lipinski definition) is 4. The number of nitrogens with two attached hydrogens (primary N) is 1. The van der Waals surface area contributed by atoms with Crippen molar-refractivity contribution < 1.29 is 4.74 Å². The molecule has 1 rings (SSSR count). The monoisotopic (exact) mass is 310 g/mol. The molecule has 0 radical (unpaired) electrons. The van der Waals surface area contributed by atoms with Crippen LogP contribution in [0.4, 0.5) is 5.69 Å². The second-order valence-electron chi connectivity index (χ2n) is 5.05. The van der Waals surface area contributed by atoms with E-state index >= 15 is 0 Å². The highest BCUT2D eigenvalue weighted by Crippen LogP contribution is 2.32. The molecule has 0 aliphatic heterocycles. The van der Waals surface area contributed by atoms with E-state index in [1.807, 2.05) is 11.8 Å². The molecule has 1 aromatic rings. The lowest BCUT2D eigenvalue weighted by Gasteiger charge is -2.34. The summed E-state index contributed by atoms with van der Waals surface area (Å²) in [7, 11) is 1.76. The van der Waals surface area contributed by atoms with Crippen molar-refractivity contribution in [2.75, 3.05) is 30.9 Å². The average Bonchev–Trinajstić information content (AvgIpc) is 2.51. The van der Waals surface area contributed by atoms with Crippen LogP contribution in [0, 0.1) is 0 Å². The van der Waals surface area contributed by atoms with E-state index in [-0.39, 0.29) is 0 Å². The van der Waals surface area contributed by atoms with Gasteiger partial charge in [0.15, 0.2) is 0 Å². The third-order valence-corrected chi connectivity index (χ3v) is 4.82. The molecule has 1 aromatic carbocycles. The van der Waals surface area contributed by atoms with Gasteiger partial charge in [0.25, 0.3) is 0 Å². The Hall–Kier alpha value is -0.710. The van der Waals surface area contributed by atoms with Crippen molar-refractivity contribution in [1.82, 2.24) is 0 Å². The fourth-order valence-corrected chi connectivity index (χ4v) is 3.59. The predicted octanol–water partition coefficient (Wildman–Crippen LogP) is 3.90. The van der Waals surface area contributed by atoms with Crippen molar-refractivity contribution in [2.24, 2.45) is 5.73 Å². The van der Waals surface area contributed by atoms with Gasteiger partial charge in [0.05, 0.1) is 6.61 Å². The summed E-state index contributed by atoms with van der Waals surface area (Å²) in [4.78, 5) is 3.79. The molecule has 0 spiro atoms. The zero-order valence-corrected chi connectivity index (χ0v) is 14.7. The summed E-state index contributed by atoms with van der Waals surface area (Å²) in [5.74, 6) is 1.07. The number of ether oxygens (including phenoxy) is 1.